The minimum absolute atomic E-state index is 0.0204. The fourth-order valence-electron chi connectivity index (χ4n) is 2.29. The van der Waals surface area contributed by atoms with E-state index < -0.39 is 4.92 Å². The molecule has 114 valence electrons. The molecule has 1 saturated heterocycles. The molecule has 1 aromatic rings. The number of carbonyl (C=O) groups excluding carboxylic acids is 1. The summed E-state index contributed by atoms with van der Waals surface area (Å²) >= 11 is 0. The van der Waals surface area contributed by atoms with Crippen LogP contribution in [-0.2, 0) is 9.53 Å². The van der Waals surface area contributed by atoms with Crippen LogP contribution in [-0.4, -0.2) is 41.5 Å². The molecule has 1 atom stereocenters. The lowest BCUT2D eigenvalue weighted by Crippen LogP contribution is -2.33. The van der Waals surface area contributed by atoms with E-state index >= 15 is 0 Å². The monoisotopic (exact) mass is 293 g/mol. The van der Waals surface area contributed by atoms with Gasteiger partial charge in [-0.2, -0.15) is 0 Å². The number of ether oxygens (including phenoxy) is 1. The number of hydrogen-bond acceptors (Lipinski definition) is 5. The zero-order valence-corrected chi connectivity index (χ0v) is 12.1. The van der Waals surface area contributed by atoms with Crippen LogP contribution < -0.4 is 5.32 Å². The first-order valence-electron chi connectivity index (χ1n) is 6.88. The van der Waals surface area contributed by atoms with Gasteiger partial charge in [0.05, 0.1) is 24.2 Å². The quantitative estimate of drug-likeness (QED) is 0.634. The Morgan fingerprint density at radius 3 is 2.95 bits per heavy atom. The average Bonchev–Trinajstić information content (AvgIpc) is 2.80. The van der Waals surface area contributed by atoms with Crippen molar-refractivity contribution >= 4 is 11.6 Å². The van der Waals surface area contributed by atoms with Crippen molar-refractivity contribution in [1.29, 1.82) is 0 Å². The van der Waals surface area contributed by atoms with Crippen molar-refractivity contribution in [2.75, 3.05) is 19.7 Å². The van der Waals surface area contributed by atoms with E-state index in [2.05, 4.69) is 5.32 Å². The number of nitro benzene ring substituents is 1. The third kappa shape index (κ3) is 3.77. The molecule has 21 heavy (non-hydrogen) atoms. The second-order valence-corrected chi connectivity index (χ2v) is 5.14. The molecule has 1 amide bonds. The molecule has 0 saturated carbocycles. The van der Waals surface area contributed by atoms with E-state index in [0.29, 0.717) is 18.7 Å². The number of nitrogens with one attached hydrogen (secondary N) is 1. The highest BCUT2D eigenvalue weighted by Crippen LogP contribution is 2.25. The highest BCUT2D eigenvalue weighted by Gasteiger charge is 2.31. The van der Waals surface area contributed by atoms with Gasteiger partial charge in [0, 0.05) is 18.7 Å². The van der Waals surface area contributed by atoms with Crippen molar-refractivity contribution in [3.05, 3.63) is 39.9 Å². The lowest BCUT2D eigenvalue weighted by atomic mass is 10.1. The molecule has 0 radical (unpaired) electrons. The van der Waals surface area contributed by atoms with E-state index in [1.165, 1.54) is 12.1 Å². The van der Waals surface area contributed by atoms with E-state index in [9.17, 15) is 14.9 Å². The van der Waals surface area contributed by atoms with Crippen LogP contribution in [0.5, 0.6) is 0 Å². The summed E-state index contributed by atoms with van der Waals surface area (Å²) in [6, 6.07) is 6.33. The molecule has 1 unspecified atom stereocenters. The van der Waals surface area contributed by atoms with Crippen LogP contribution in [0.1, 0.15) is 25.6 Å². The van der Waals surface area contributed by atoms with Gasteiger partial charge in [0.15, 0.2) is 0 Å². The van der Waals surface area contributed by atoms with Gasteiger partial charge in [-0.15, -0.1) is 0 Å². The zero-order chi connectivity index (χ0) is 15.4. The topological polar surface area (TPSA) is 84.7 Å². The molecule has 2 rings (SSSR count). The van der Waals surface area contributed by atoms with Gasteiger partial charge in [-0.1, -0.05) is 12.1 Å². The second kappa shape index (κ2) is 6.64. The number of non-ortho nitro benzene ring substituents is 1. The number of nitro groups is 1. The standard InChI is InChI=1S/C14H19N3O4/c1-10(2)21-7-6-16-13(18)9-15-14(16)11-4-3-5-12(8-11)17(19)20/h3-5,8,10,14-15H,6-7,9H2,1-2H3. The zero-order valence-electron chi connectivity index (χ0n) is 12.1. The Balaban J connectivity index is 2.11. The molecule has 7 heteroatoms. The number of carbonyl (C=O) groups is 1. The molecule has 1 N–H and O–H groups in total. The minimum Gasteiger partial charge on any atom is -0.377 e. The van der Waals surface area contributed by atoms with Gasteiger partial charge in [0.2, 0.25) is 5.91 Å². The molecule has 0 aliphatic carbocycles. The summed E-state index contributed by atoms with van der Waals surface area (Å²) in [6.45, 7) is 4.99. The van der Waals surface area contributed by atoms with Gasteiger partial charge >= 0.3 is 0 Å². The largest absolute Gasteiger partial charge is 0.377 e. The van der Waals surface area contributed by atoms with Crippen LogP contribution >= 0.6 is 0 Å². The van der Waals surface area contributed by atoms with Gasteiger partial charge in [0.25, 0.3) is 5.69 Å². The van der Waals surface area contributed by atoms with Crippen LogP contribution in [0, 0.1) is 10.1 Å². The number of hydrogen-bond donors (Lipinski definition) is 1. The van der Waals surface area contributed by atoms with E-state index in [1.54, 1.807) is 17.0 Å². The molecule has 1 aromatic carbocycles. The molecule has 0 aromatic heterocycles. The third-order valence-electron chi connectivity index (χ3n) is 3.26. The number of nitrogens with zero attached hydrogens (tertiary/aromatic N) is 2. The van der Waals surface area contributed by atoms with Crippen molar-refractivity contribution in [2.24, 2.45) is 0 Å². The summed E-state index contributed by atoms with van der Waals surface area (Å²) in [5.41, 5.74) is 0.728. The predicted octanol–water partition coefficient (Wildman–Crippen LogP) is 1.45. The van der Waals surface area contributed by atoms with Gasteiger partial charge in [-0.25, -0.2) is 0 Å². The van der Waals surface area contributed by atoms with E-state index in [-0.39, 0.29) is 30.4 Å². The van der Waals surface area contributed by atoms with Crippen LogP contribution in [0.15, 0.2) is 24.3 Å². The fourth-order valence-corrected chi connectivity index (χ4v) is 2.29. The molecule has 1 heterocycles. The molecular weight excluding hydrogens is 274 g/mol. The summed E-state index contributed by atoms with van der Waals surface area (Å²) in [4.78, 5) is 24.0. The Labute approximate surface area is 123 Å². The number of amides is 1. The Bertz CT molecular complexity index is 533. The number of rotatable bonds is 6. The lowest BCUT2D eigenvalue weighted by molar-refractivity contribution is -0.385. The minimum atomic E-state index is -0.438. The fraction of sp³-hybridized carbons (Fsp3) is 0.500. The van der Waals surface area contributed by atoms with Crippen LogP contribution in [0.25, 0.3) is 0 Å². The van der Waals surface area contributed by atoms with Gasteiger partial charge in [0.1, 0.15) is 6.17 Å². The lowest BCUT2D eigenvalue weighted by Gasteiger charge is -2.25. The molecule has 1 fully saturated rings. The van der Waals surface area contributed by atoms with Crippen molar-refractivity contribution in [1.82, 2.24) is 10.2 Å². The highest BCUT2D eigenvalue weighted by molar-refractivity contribution is 5.81. The summed E-state index contributed by atoms with van der Waals surface area (Å²) in [7, 11) is 0. The smallest absolute Gasteiger partial charge is 0.269 e. The number of benzene rings is 1. The van der Waals surface area contributed by atoms with E-state index in [4.69, 9.17) is 4.74 Å². The summed E-state index contributed by atoms with van der Waals surface area (Å²) in [5.74, 6) is -0.0288. The maximum atomic E-state index is 11.9. The Morgan fingerprint density at radius 1 is 1.52 bits per heavy atom. The second-order valence-electron chi connectivity index (χ2n) is 5.14. The van der Waals surface area contributed by atoms with Crippen LogP contribution in [0.4, 0.5) is 5.69 Å². The molecular formula is C14H19N3O4. The van der Waals surface area contributed by atoms with Gasteiger partial charge in [-0.05, 0) is 19.4 Å². The first kappa shape index (κ1) is 15.4. The Kier molecular flexibility index (Phi) is 4.87. The van der Waals surface area contributed by atoms with Crippen molar-refractivity contribution < 1.29 is 14.5 Å². The normalized spacial score (nSPS) is 18.5. The van der Waals surface area contributed by atoms with Gasteiger partial charge in [-0.3, -0.25) is 20.2 Å². The third-order valence-corrected chi connectivity index (χ3v) is 3.26. The van der Waals surface area contributed by atoms with Crippen molar-refractivity contribution in [2.45, 2.75) is 26.1 Å². The highest BCUT2D eigenvalue weighted by atomic mass is 16.6. The van der Waals surface area contributed by atoms with Crippen molar-refractivity contribution in [3.63, 3.8) is 0 Å². The molecule has 1 aliphatic heterocycles. The molecule has 1 aliphatic rings. The molecule has 0 spiro atoms. The van der Waals surface area contributed by atoms with Crippen LogP contribution in [0.2, 0.25) is 0 Å². The SMILES string of the molecule is CC(C)OCCN1C(=O)CNC1c1cccc([N+](=O)[O-])c1. The van der Waals surface area contributed by atoms with Crippen LogP contribution in [0.3, 0.4) is 0 Å². The summed E-state index contributed by atoms with van der Waals surface area (Å²) in [6.07, 6.45) is -0.236. The molecule has 7 nitrogen and oxygen atoms in total. The van der Waals surface area contributed by atoms with E-state index in [0.717, 1.165) is 0 Å². The summed E-state index contributed by atoms with van der Waals surface area (Å²) in [5, 5.41) is 13.9. The maximum Gasteiger partial charge on any atom is 0.269 e. The maximum absolute atomic E-state index is 11.9. The predicted molar refractivity (Wildman–Crippen MR) is 76.6 cm³/mol. The average molecular weight is 293 g/mol. The molecule has 0 bridgehead atoms. The first-order chi connectivity index (χ1) is 9.99. The first-order valence-corrected chi connectivity index (χ1v) is 6.88. The summed E-state index contributed by atoms with van der Waals surface area (Å²) < 4.78 is 5.47. The Morgan fingerprint density at radius 2 is 2.29 bits per heavy atom. The van der Waals surface area contributed by atoms with E-state index in [1.807, 2.05) is 13.8 Å². The van der Waals surface area contributed by atoms with Gasteiger partial charge < -0.3 is 9.64 Å². The van der Waals surface area contributed by atoms with Crippen molar-refractivity contribution in [3.8, 4) is 0 Å². The Hall–Kier alpha value is -1.99.